The van der Waals surface area contributed by atoms with Crippen LogP contribution in [0.15, 0.2) is 90.0 Å². The third-order valence-electron chi connectivity index (χ3n) is 6.21. The molecule has 1 aromatic heterocycles. The highest BCUT2D eigenvalue weighted by atomic mass is 16.3. The standard InChI is InChI=1S/C29H29N3O2/c1-20-12-11-13-21(2)27(20)32-22(3)18-24(23(32)4)19-30-31-28(33)29(34,25-14-7-5-8-15-25)26-16-9-6-10-17-26/h5-19,34H,1-4H3,(H,31,33). The Morgan fingerprint density at radius 3 is 1.91 bits per heavy atom. The van der Waals surface area contributed by atoms with E-state index in [1.54, 1.807) is 54.7 Å². The number of nitrogens with zero attached hydrogens (tertiary/aromatic N) is 2. The molecule has 5 nitrogen and oxygen atoms in total. The fourth-order valence-electron chi connectivity index (χ4n) is 4.45. The predicted molar refractivity (Wildman–Crippen MR) is 136 cm³/mol. The molecular formula is C29H29N3O2. The van der Waals surface area contributed by atoms with Gasteiger partial charge in [-0.25, -0.2) is 5.43 Å². The van der Waals surface area contributed by atoms with Gasteiger partial charge in [0.25, 0.3) is 5.91 Å². The Morgan fingerprint density at radius 2 is 1.38 bits per heavy atom. The molecule has 0 bridgehead atoms. The maximum Gasteiger partial charge on any atom is 0.281 e. The fraction of sp³-hybridized carbons (Fsp3) is 0.172. The molecule has 4 aromatic rings. The first-order valence-corrected chi connectivity index (χ1v) is 11.3. The van der Waals surface area contributed by atoms with E-state index >= 15 is 0 Å². The monoisotopic (exact) mass is 451 g/mol. The third kappa shape index (κ3) is 4.18. The van der Waals surface area contributed by atoms with Crippen LogP contribution in [-0.4, -0.2) is 21.8 Å². The highest BCUT2D eigenvalue weighted by molar-refractivity contribution is 5.91. The van der Waals surface area contributed by atoms with Crippen LogP contribution in [0.4, 0.5) is 0 Å². The van der Waals surface area contributed by atoms with Gasteiger partial charge >= 0.3 is 0 Å². The van der Waals surface area contributed by atoms with Crippen molar-refractivity contribution in [3.05, 3.63) is 124 Å². The molecule has 1 heterocycles. The first kappa shape index (κ1) is 23.2. The summed E-state index contributed by atoms with van der Waals surface area (Å²) in [5, 5.41) is 15.8. The summed E-state index contributed by atoms with van der Waals surface area (Å²) in [7, 11) is 0. The zero-order valence-electron chi connectivity index (χ0n) is 19.9. The second-order valence-electron chi connectivity index (χ2n) is 8.54. The van der Waals surface area contributed by atoms with Crippen molar-refractivity contribution in [2.45, 2.75) is 33.3 Å². The molecule has 3 aromatic carbocycles. The zero-order valence-corrected chi connectivity index (χ0v) is 19.9. The minimum atomic E-state index is -1.87. The lowest BCUT2D eigenvalue weighted by Crippen LogP contribution is -2.43. The van der Waals surface area contributed by atoms with E-state index in [9.17, 15) is 9.90 Å². The first-order valence-electron chi connectivity index (χ1n) is 11.3. The third-order valence-corrected chi connectivity index (χ3v) is 6.21. The van der Waals surface area contributed by atoms with Crippen LogP contribution in [0.25, 0.3) is 5.69 Å². The molecule has 0 aliphatic carbocycles. The molecule has 0 saturated heterocycles. The summed E-state index contributed by atoms with van der Waals surface area (Å²) in [5.41, 5.74) is 8.17. The smallest absolute Gasteiger partial charge is 0.281 e. The molecule has 0 radical (unpaired) electrons. The van der Waals surface area contributed by atoms with E-state index in [4.69, 9.17) is 0 Å². The van der Waals surface area contributed by atoms with Crippen molar-refractivity contribution in [3.8, 4) is 5.69 Å². The van der Waals surface area contributed by atoms with E-state index in [1.807, 2.05) is 25.1 Å². The Balaban J connectivity index is 1.64. The van der Waals surface area contributed by atoms with Crippen molar-refractivity contribution < 1.29 is 9.90 Å². The lowest BCUT2D eigenvalue weighted by Gasteiger charge is -2.27. The van der Waals surface area contributed by atoms with Gasteiger partial charge in [0.2, 0.25) is 0 Å². The van der Waals surface area contributed by atoms with Gasteiger partial charge in [0.05, 0.1) is 11.9 Å². The van der Waals surface area contributed by atoms with Crippen molar-refractivity contribution in [3.63, 3.8) is 0 Å². The van der Waals surface area contributed by atoms with Gasteiger partial charge in [-0.3, -0.25) is 4.79 Å². The minimum absolute atomic E-state index is 0.474. The summed E-state index contributed by atoms with van der Waals surface area (Å²) in [5.74, 6) is -0.621. The normalized spacial score (nSPS) is 11.7. The Labute approximate surface area is 200 Å². The van der Waals surface area contributed by atoms with Crippen molar-refractivity contribution >= 4 is 12.1 Å². The maximum atomic E-state index is 13.2. The van der Waals surface area contributed by atoms with Crippen molar-refractivity contribution in [2.24, 2.45) is 5.10 Å². The fourth-order valence-corrected chi connectivity index (χ4v) is 4.45. The summed E-state index contributed by atoms with van der Waals surface area (Å²) in [6.45, 7) is 8.29. The van der Waals surface area contributed by atoms with Crippen LogP contribution in [0.2, 0.25) is 0 Å². The number of nitrogens with one attached hydrogen (secondary N) is 1. The van der Waals surface area contributed by atoms with Gasteiger partial charge in [-0.2, -0.15) is 5.10 Å². The zero-order chi connectivity index (χ0) is 24.3. The van der Waals surface area contributed by atoms with E-state index < -0.39 is 11.5 Å². The number of carbonyl (C=O) groups excluding carboxylic acids is 1. The number of carbonyl (C=O) groups is 1. The highest BCUT2D eigenvalue weighted by Crippen LogP contribution is 2.30. The molecule has 4 rings (SSSR count). The second-order valence-corrected chi connectivity index (χ2v) is 8.54. The lowest BCUT2D eigenvalue weighted by atomic mass is 9.85. The van der Waals surface area contributed by atoms with Crippen LogP contribution in [0.1, 0.15) is 39.2 Å². The van der Waals surface area contributed by atoms with Crippen molar-refractivity contribution in [2.75, 3.05) is 0 Å². The molecule has 0 spiro atoms. The van der Waals surface area contributed by atoms with Crippen LogP contribution < -0.4 is 5.43 Å². The summed E-state index contributed by atoms with van der Waals surface area (Å²) in [6, 6.07) is 26.1. The molecular weight excluding hydrogens is 422 g/mol. The quantitative estimate of drug-likeness (QED) is 0.316. The molecule has 2 N–H and O–H groups in total. The SMILES string of the molecule is Cc1cccc(C)c1-n1c(C)cc(C=NNC(=O)C(O)(c2ccccc2)c2ccccc2)c1C. The van der Waals surface area contributed by atoms with Crippen LogP contribution in [0.3, 0.4) is 0 Å². The summed E-state index contributed by atoms with van der Waals surface area (Å²) >= 11 is 0. The van der Waals surface area contributed by atoms with Gasteiger partial charge < -0.3 is 9.67 Å². The van der Waals surface area contributed by atoms with E-state index in [2.05, 4.69) is 54.1 Å². The molecule has 1 amide bonds. The maximum absolute atomic E-state index is 13.2. The molecule has 0 fully saturated rings. The number of rotatable bonds is 6. The number of hydrogen-bond donors (Lipinski definition) is 2. The van der Waals surface area contributed by atoms with Crippen molar-refractivity contribution in [1.82, 2.24) is 9.99 Å². The van der Waals surface area contributed by atoms with Gasteiger partial charge in [0.15, 0.2) is 5.60 Å². The summed E-state index contributed by atoms with van der Waals surface area (Å²) in [4.78, 5) is 13.2. The first-order chi connectivity index (χ1) is 16.3. The van der Waals surface area contributed by atoms with E-state index in [1.165, 1.54) is 11.1 Å². The number of aromatic nitrogens is 1. The molecule has 0 unspecified atom stereocenters. The number of hydrazone groups is 1. The van der Waals surface area contributed by atoms with Crippen LogP contribution in [0, 0.1) is 27.7 Å². The summed E-state index contributed by atoms with van der Waals surface area (Å²) in [6.07, 6.45) is 1.63. The van der Waals surface area contributed by atoms with Gasteiger partial charge in [-0.05, 0) is 56.0 Å². The highest BCUT2D eigenvalue weighted by Gasteiger charge is 2.39. The number of aryl methyl sites for hydroxylation is 3. The Bertz CT molecular complexity index is 1280. The Morgan fingerprint density at radius 1 is 0.853 bits per heavy atom. The van der Waals surface area contributed by atoms with Gasteiger partial charge in [-0.1, -0.05) is 78.9 Å². The molecule has 172 valence electrons. The molecule has 34 heavy (non-hydrogen) atoms. The van der Waals surface area contributed by atoms with Crippen LogP contribution >= 0.6 is 0 Å². The number of amides is 1. The molecule has 5 heteroatoms. The average molecular weight is 452 g/mol. The number of aliphatic hydroxyl groups is 1. The number of hydrogen-bond acceptors (Lipinski definition) is 3. The predicted octanol–water partition coefficient (Wildman–Crippen LogP) is 5.10. The molecule has 0 aliphatic rings. The van der Waals surface area contributed by atoms with Crippen LogP contribution in [0.5, 0.6) is 0 Å². The van der Waals surface area contributed by atoms with Gasteiger partial charge in [0, 0.05) is 17.0 Å². The Hall–Kier alpha value is -3.96. The molecule has 0 aliphatic heterocycles. The van der Waals surface area contributed by atoms with Crippen LogP contribution in [-0.2, 0) is 10.4 Å². The van der Waals surface area contributed by atoms with E-state index in [0.717, 1.165) is 22.6 Å². The van der Waals surface area contributed by atoms with Gasteiger partial charge in [0.1, 0.15) is 0 Å². The topological polar surface area (TPSA) is 66.6 Å². The molecule has 0 saturated carbocycles. The van der Waals surface area contributed by atoms with Gasteiger partial charge in [-0.15, -0.1) is 0 Å². The summed E-state index contributed by atoms with van der Waals surface area (Å²) < 4.78 is 2.21. The minimum Gasteiger partial charge on any atom is -0.372 e. The Kier molecular flexibility index (Phi) is 6.48. The number of benzene rings is 3. The van der Waals surface area contributed by atoms with E-state index in [-0.39, 0.29) is 0 Å². The average Bonchev–Trinajstić information content (AvgIpc) is 3.12. The number of para-hydroxylation sites is 1. The van der Waals surface area contributed by atoms with Crippen molar-refractivity contribution in [1.29, 1.82) is 0 Å². The second kappa shape index (κ2) is 9.49. The lowest BCUT2D eigenvalue weighted by molar-refractivity contribution is -0.136. The molecule has 0 atom stereocenters. The largest absolute Gasteiger partial charge is 0.372 e. The van der Waals surface area contributed by atoms with E-state index in [0.29, 0.717) is 11.1 Å².